The first-order chi connectivity index (χ1) is 9.88. The molecule has 9 heteroatoms. The number of anilines is 1. The van der Waals surface area contributed by atoms with E-state index < -0.39 is 10.0 Å². The van der Waals surface area contributed by atoms with Crippen LogP contribution in [0.3, 0.4) is 0 Å². The molecule has 0 saturated carbocycles. The van der Waals surface area contributed by atoms with Crippen LogP contribution >= 0.6 is 0 Å². The zero-order valence-electron chi connectivity index (χ0n) is 11.4. The Labute approximate surface area is 121 Å². The third-order valence-corrected chi connectivity index (χ3v) is 3.67. The van der Waals surface area contributed by atoms with Gasteiger partial charge in [-0.2, -0.15) is 9.97 Å². The highest BCUT2D eigenvalue weighted by atomic mass is 32.2. The molecule has 0 spiro atoms. The summed E-state index contributed by atoms with van der Waals surface area (Å²) in [5.41, 5.74) is 6.11. The van der Waals surface area contributed by atoms with E-state index in [2.05, 4.69) is 9.97 Å². The average molecular weight is 310 g/mol. The number of methoxy groups -OCH3 is 2. The highest BCUT2D eigenvalue weighted by Crippen LogP contribution is 2.32. The van der Waals surface area contributed by atoms with Crippen LogP contribution < -0.4 is 20.3 Å². The lowest BCUT2D eigenvalue weighted by Crippen LogP contribution is -2.14. The molecule has 2 aromatic rings. The van der Waals surface area contributed by atoms with Crippen LogP contribution in [0.15, 0.2) is 29.2 Å². The first-order valence-corrected chi connectivity index (χ1v) is 7.30. The maximum Gasteiger partial charge on any atom is 0.244 e. The second kappa shape index (κ2) is 5.54. The fourth-order valence-electron chi connectivity index (χ4n) is 1.76. The maximum absolute atomic E-state index is 11.6. The highest BCUT2D eigenvalue weighted by molar-refractivity contribution is 7.89. The van der Waals surface area contributed by atoms with Crippen molar-refractivity contribution in [3.8, 4) is 23.1 Å². The van der Waals surface area contributed by atoms with Gasteiger partial charge in [0.2, 0.25) is 21.8 Å². The molecule has 4 N–H and O–H groups in total. The summed E-state index contributed by atoms with van der Waals surface area (Å²) >= 11 is 0. The van der Waals surface area contributed by atoms with Crippen LogP contribution in [0.1, 0.15) is 0 Å². The fraction of sp³-hybridized carbons (Fsp3) is 0.167. The molecule has 0 unspecified atom stereocenters. The summed E-state index contributed by atoms with van der Waals surface area (Å²) < 4.78 is 33.4. The number of hydrogen-bond donors (Lipinski definition) is 2. The SMILES string of the molecule is COc1nc(-c2ccccc2S(N)(=O)=O)nc(OC)c1N. The minimum absolute atomic E-state index is 0.0843. The average Bonchev–Trinajstić information content (AvgIpc) is 2.46. The maximum atomic E-state index is 11.6. The van der Waals surface area contributed by atoms with E-state index in [1.54, 1.807) is 12.1 Å². The van der Waals surface area contributed by atoms with Crippen molar-refractivity contribution >= 4 is 15.7 Å². The van der Waals surface area contributed by atoms with Gasteiger partial charge in [-0.15, -0.1) is 0 Å². The molecule has 0 saturated heterocycles. The number of sulfonamides is 1. The predicted octanol–water partition coefficient (Wildman–Crippen LogP) is 0.390. The molecule has 1 aromatic heterocycles. The number of nitrogen functional groups attached to an aromatic ring is 1. The van der Waals surface area contributed by atoms with Gasteiger partial charge in [0, 0.05) is 5.56 Å². The number of primary sulfonamides is 1. The van der Waals surface area contributed by atoms with Crippen LogP contribution in [-0.2, 0) is 10.0 Å². The molecule has 2 rings (SSSR count). The Balaban J connectivity index is 2.74. The third-order valence-electron chi connectivity index (χ3n) is 2.70. The monoisotopic (exact) mass is 310 g/mol. The molecule has 8 nitrogen and oxygen atoms in total. The fourth-order valence-corrected chi connectivity index (χ4v) is 2.49. The number of nitrogens with zero attached hydrogens (tertiary/aromatic N) is 2. The number of aromatic nitrogens is 2. The lowest BCUT2D eigenvalue weighted by Gasteiger charge is -2.11. The predicted molar refractivity (Wildman–Crippen MR) is 76.4 cm³/mol. The molecule has 21 heavy (non-hydrogen) atoms. The summed E-state index contributed by atoms with van der Waals surface area (Å²) in [6, 6.07) is 6.09. The minimum Gasteiger partial charge on any atom is -0.479 e. The van der Waals surface area contributed by atoms with Crippen LogP contribution in [0, 0.1) is 0 Å². The third kappa shape index (κ3) is 2.88. The summed E-state index contributed by atoms with van der Waals surface area (Å²) in [4.78, 5) is 8.07. The summed E-state index contributed by atoms with van der Waals surface area (Å²) in [6.07, 6.45) is 0. The molecule has 0 radical (unpaired) electrons. The van der Waals surface area contributed by atoms with Gasteiger partial charge in [-0.25, -0.2) is 13.6 Å². The van der Waals surface area contributed by atoms with E-state index in [-0.39, 0.29) is 33.7 Å². The van der Waals surface area contributed by atoms with Crippen molar-refractivity contribution in [2.24, 2.45) is 5.14 Å². The van der Waals surface area contributed by atoms with Gasteiger partial charge in [0.15, 0.2) is 11.5 Å². The van der Waals surface area contributed by atoms with Gasteiger partial charge in [-0.3, -0.25) is 0 Å². The number of ether oxygens (including phenoxy) is 2. The van der Waals surface area contributed by atoms with E-state index in [1.807, 2.05) is 0 Å². The first kappa shape index (κ1) is 15.0. The highest BCUT2D eigenvalue weighted by Gasteiger charge is 2.20. The molecular formula is C12H14N4O4S. The Hall–Kier alpha value is -2.39. The molecule has 0 atom stereocenters. The molecule has 0 aliphatic heterocycles. The quantitative estimate of drug-likeness (QED) is 0.835. The van der Waals surface area contributed by atoms with E-state index in [9.17, 15) is 8.42 Å². The lowest BCUT2D eigenvalue weighted by atomic mass is 10.2. The number of nitrogens with two attached hydrogens (primary N) is 2. The molecule has 0 amide bonds. The molecule has 0 aliphatic carbocycles. The van der Waals surface area contributed by atoms with E-state index in [4.69, 9.17) is 20.3 Å². The number of benzene rings is 1. The molecule has 0 bridgehead atoms. The summed E-state index contributed by atoms with van der Waals surface area (Å²) in [7, 11) is -1.16. The molecule has 0 fully saturated rings. The van der Waals surface area contributed by atoms with E-state index in [0.717, 1.165) is 0 Å². The van der Waals surface area contributed by atoms with Crippen molar-refractivity contribution < 1.29 is 17.9 Å². The van der Waals surface area contributed by atoms with Gasteiger partial charge in [0.05, 0.1) is 19.1 Å². The van der Waals surface area contributed by atoms with Crippen LogP contribution in [0.25, 0.3) is 11.4 Å². The Morgan fingerprint density at radius 3 is 2.05 bits per heavy atom. The van der Waals surface area contributed by atoms with Crippen molar-refractivity contribution in [2.75, 3.05) is 20.0 Å². The number of rotatable bonds is 4. The normalized spacial score (nSPS) is 11.2. The second-order valence-corrected chi connectivity index (χ2v) is 5.55. The summed E-state index contributed by atoms with van der Waals surface area (Å²) in [6.45, 7) is 0. The van der Waals surface area contributed by atoms with Crippen LogP contribution in [0.4, 0.5) is 5.69 Å². The van der Waals surface area contributed by atoms with E-state index >= 15 is 0 Å². The molecule has 112 valence electrons. The van der Waals surface area contributed by atoms with Crippen molar-refractivity contribution in [2.45, 2.75) is 4.90 Å². The first-order valence-electron chi connectivity index (χ1n) is 5.76. The molecular weight excluding hydrogens is 296 g/mol. The zero-order valence-corrected chi connectivity index (χ0v) is 12.2. The van der Waals surface area contributed by atoms with Gasteiger partial charge in [-0.1, -0.05) is 12.1 Å². The van der Waals surface area contributed by atoms with Gasteiger partial charge in [0.1, 0.15) is 0 Å². The Kier molecular flexibility index (Phi) is 3.96. The van der Waals surface area contributed by atoms with Crippen LogP contribution in [0.5, 0.6) is 11.8 Å². The van der Waals surface area contributed by atoms with Crippen molar-refractivity contribution in [3.05, 3.63) is 24.3 Å². The Morgan fingerprint density at radius 2 is 1.57 bits per heavy atom. The van der Waals surface area contributed by atoms with Gasteiger partial charge in [-0.05, 0) is 12.1 Å². The Bertz CT molecular complexity index is 752. The topological polar surface area (TPSA) is 130 Å². The zero-order chi connectivity index (χ0) is 15.6. The second-order valence-electron chi connectivity index (χ2n) is 4.02. The van der Waals surface area contributed by atoms with Crippen molar-refractivity contribution in [1.82, 2.24) is 9.97 Å². The molecule has 0 aliphatic rings. The standard InChI is InChI=1S/C12H14N4O4S/c1-19-11-9(13)12(20-2)16-10(15-11)7-5-3-4-6-8(7)21(14,17)18/h3-6H,13H2,1-2H3,(H2,14,17,18). The Morgan fingerprint density at radius 1 is 1.05 bits per heavy atom. The van der Waals surface area contributed by atoms with Crippen LogP contribution in [0.2, 0.25) is 0 Å². The van der Waals surface area contributed by atoms with Gasteiger partial charge in [0.25, 0.3) is 0 Å². The van der Waals surface area contributed by atoms with Crippen LogP contribution in [-0.4, -0.2) is 32.6 Å². The molecule has 1 heterocycles. The van der Waals surface area contributed by atoms with Gasteiger partial charge < -0.3 is 15.2 Å². The summed E-state index contributed by atoms with van der Waals surface area (Å²) in [5.74, 6) is 0.254. The summed E-state index contributed by atoms with van der Waals surface area (Å²) in [5, 5.41) is 5.20. The largest absolute Gasteiger partial charge is 0.479 e. The van der Waals surface area contributed by atoms with E-state index in [1.165, 1.54) is 26.4 Å². The lowest BCUT2D eigenvalue weighted by molar-refractivity contribution is 0.377. The van der Waals surface area contributed by atoms with Crippen molar-refractivity contribution in [1.29, 1.82) is 0 Å². The van der Waals surface area contributed by atoms with E-state index in [0.29, 0.717) is 0 Å². The smallest absolute Gasteiger partial charge is 0.244 e. The minimum atomic E-state index is -3.92. The number of hydrogen-bond acceptors (Lipinski definition) is 7. The van der Waals surface area contributed by atoms with Crippen molar-refractivity contribution in [3.63, 3.8) is 0 Å². The van der Waals surface area contributed by atoms with Gasteiger partial charge >= 0.3 is 0 Å². The molecule has 1 aromatic carbocycles.